The number of methoxy groups -OCH3 is 1. The van der Waals surface area contributed by atoms with Crippen LogP contribution >= 0.6 is 28.3 Å². The van der Waals surface area contributed by atoms with Crippen LogP contribution in [0.2, 0.25) is 0 Å². The molecule has 0 fully saturated rings. The normalized spacial score (nSPS) is 9.00. The van der Waals surface area contributed by atoms with Crippen molar-refractivity contribution < 1.29 is 9.53 Å². The van der Waals surface area contributed by atoms with Crippen molar-refractivity contribution in [1.29, 1.82) is 0 Å². The molecule has 0 aliphatic heterocycles. The zero-order valence-corrected chi connectivity index (χ0v) is 10.2. The molecule has 4 heteroatoms. The first kappa shape index (κ1) is 13.5. The van der Waals surface area contributed by atoms with Crippen LogP contribution in [-0.2, 0) is 16.0 Å². The van der Waals surface area contributed by atoms with Gasteiger partial charge in [-0.05, 0) is 24.1 Å². The molecule has 0 saturated carbocycles. The molecule has 0 bridgehead atoms. The molecule has 0 N–H and O–H groups in total. The Hall–Kier alpha value is -0.540. The molecule has 0 heterocycles. The molecule has 0 aliphatic rings. The second-order valence-corrected chi connectivity index (χ2v) is 3.62. The zero-order valence-electron chi connectivity index (χ0n) is 7.83. The van der Waals surface area contributed by atoms with E-state index in [0.29, 0.717) is 6.42 Å². The van der Waals surface area contributed by atoms with Gasteiger partial charge in [0.1, 0.15) is 0 Å². The summed E-state index contributed by atoms with van der Waals surface area (Å²) in [6, 6.07) is 7.92. The number of hydrogen-bond acceptors (Lipinski definition) is 2. The van der Waals surface area contributed by atoms with Crippen LogP contribution in [0.5, 0.6) is 0 Å². The number of halogens is 2. The number of carbonyl (C=O) groups excluding carboxylic acids is 1. The fourth-order valence-electron chi connectivity index (χ4n) is 1.000. The van der Waals surface area contributed by atoms with Gasteiger partial charge in [0, 0.05) is 10.9 Å². The topological polar surface area (TPSA) is 26.3 Å². The fraction of sp³-hybridized carbons (Fsp3) is 0.300. The second kappa shape index (κ2) is 6.85. The lowest BCUT2D eigenvalue weighted by Gasteiger charge is -2.00. The van der Waals surface area contributed by atoms with Crippen molar-refractivity contribution in [2.24, 2.45) is 0 Å². The standard InChI is InChI=1S/C10H11BrO2.ClH/c1-13-10(12)7-4-8-2-5-9(11)6-3-8;/h2-3,5-6H,4,7H2,1H3;1H. The Labute approximate surface area is 98.2 Å². The predicted molar refractivity (Wildman–Crippen MR) is 61.7 cm³/mol. The van der Waals surface area contributed by atoms with Gasteiger partial charge in [0.15, 0.2) is 0 Å². The van der Waals surface area contributed by atoms with E-state index in [9.17, 15) is 4.79 Å². The van der Waals surface area contributed by atoms with E-state index < -0.39 is 0 Å². The van der Waals surface area contributed by atoms with Crippen LogP contribution in [0.25, 0.3) is 0 Å². The summed E-state index contributed by atoms with van der Waals surface area (Å²) >= 11 is 3.35. The first-order valence-electron chi connectivity index (χ1n) is 4.03. The van der Waals surface area contributed by atoms with E-state index in [4.69, 9.17) is 0 Å². The Morgan fingerprint density at radius 1 is 1.36 bits per heavy atom. The van der Waals surface area contributed by atoms with Gasteiger partial charge in [-0.2, -0.15) is 0 Å². The van der Waals surface area contributed by atoms with E-state index in [1.807, 2.05) is 24.3 Å². The summed E-state index contributed by atoms with van der Waals surface area (Å²) in [5, 5.41) is 0. The third-order valence-corrected chi connectivity index (χ3v) is 2.29. The molecule has 0 unspecified atom stereocenters. The maximum absolute atomic E-state index is 10.8. The molecule has 0 saturated heterocycles. The zero-order chi connectivity index (χ0) is 9.68. The van der Waals surface area contributed by atoms with E-state index in [2.05, 4.69) is 20.7 Å². The maximum Gasteiger partial charge on any atom is 0.305 e. The molecule has 1 aromatic carbocycles. The summed E-state index contributed by atoms with van der Waals surface area (Å²) < 4.78 is 5.60. The molecule has 14 heavy (non-hydrogen) atoms. The molecule has 78 valence electrons. The Bertz CT molecular complexity index is 285. The first-order valence-corrected chi connectivity index (χ1v) is 4.83. The van der Waals surface area contributed by atoms with Gasteiger partial charge < -0.3 is 4.74 Å². The van der Waals surface area contributed by atoms with Gasteiger partial charge >= 0.3 is 5.97 Å². The van der Waals surface area contributed by atoms with Crippen molar-refractivity contribution in [3.8, 4) is 0 Å². The number of rotatable bonds is 3. The fourth-order valence-corrected chi connectivity index (χ4v) is 1.26. The van der Waals surface area contributed by atoms with Crippen molar-refractivity contribution in [3.63, 3.8) is 0 Å². The molecule has 2 nitrogen and oxygen atoms in total. The maximum atomic E-state index is 10.8. The van der Waals surface area contributed by atoms with Gasteiger partial charge in [-0.1, -0.05) is 28.1 Å². The molecular weight excluding hydrogens is 267 g/mol. The molecule has 0 spiro atoms. The van der Waals surface area contributed by atoms with Crippen molar-refractivity contribution in [1.82, 2.24) is 0 Å². The minimum atomic E-state index is -0.164. The van der Waals surface area contributed by atoms with Crippen molar-refractivity contribution in [3.05, 3.63) is 34.3 Å². The van der Waals surface area contributed by atoms with Gasteiger partial charge in [-0.15, -0.1) is 12.4 Å². The van der Waals surface area contributed by atoms with Crippen molar-refractivity contribution >= 4 is 34.3 Å². The number of carbonyl (C=O) groups is 1. The van der Waals surface area contributed by atoms with Crippen LogP contribution in [0.3, 0.4) is 0 Å². The smallest absolute Gasteiger partial charge is 0.305 e. The number of hydrogen-bond donors (Lipinski definition) is 0. The Morgan fingerprint density at radius 3 is 2.43 bits per heavy atom. The Morgan fingerprint density at radius 2 is 1.93 bits per heavy atom. The lowest BCUT2D eigenvalue weighted by molar-refractivity contribution is -0.140. The van der Waals surface area contributed by atoms with E-state index in [1.165, 1.54) is 7.11 Å². The van der Waals surface area contributed by atoms with E-state index in [-0.39, 0.29) is 18.4 Å². The molecule has 1 aromatic rings. The van der Waals surface area contributed by atoms with Gasteiger partial charge in [-0.25, -0.2) is 0 Å². The highest BCUT2D eigenvalue weighted by molar-refractivity contribution is 9.10. The number of aryl methyl sites for hydroxylation is 1. The van der Waals surface area contributed by atoms with Gasteiger partial charge in [0.25, 0.3) is 0 Å². The van der Waals surface area contributed by atoms with Crippen LogP contribution in [-0.4, -0.2) is 13.1 Å². The number of ether oxygens (including phenoxy) is 1. The summed E-state index contributed by atoms with van der Waals surface area (Å²) in [5.74, 6) is -0.164. The van der Waals surface area contributed by atoms with E-state index in [0.717, 1.165) is 16.5 Å². The van der Waals surface area contributed by atoms with Gasteiger partial charge in [0.2, 0.25) is 0 Å². The largest absolute Gasteiger partial charge is 0.469 e. The van der Waals surface area contributed by atoms with Gasteiger partial charge in [0.05, 0.1) is 7.11 Å². The van der Waals surface area contributed by atoms with Crippen molar-refractivity contribution in [2.75, 3.05) is 7.11 Å². The molecular formula is C10H12BrClO2. The lowest BCUT2D eigenvalue weighted by Crippen LogP contribution is -2.01. The Balaban J connectivity index is 0.00000169. The average molecular weight is 280 g/mol. The minimum absolute atomic E-state index is 0. The quantitative estimate of drug-likeness (QED) is 0.795. The third-order valence-electron chi connectivity index (χ3n) is 1.76. The molecule has 1 rings (SSSR count). The van der Waals surface area contributed by atoms with Crippen LogP contribution in [0.15, 0.2) is 28.7 Å². The highest BCUT2D eigenvalue weighted by Crippen LogP contribution is 2.11. The molecule has 0 aromatic heterocycles. The van der Waals surface area contributed by atoms with E-state index in [1.54, 1.807) is 0 Å². The highest BCUT2D eigenvalue weighted by atomic mass is 79.9. The van der Waals surface area contributed by atoms with E-state index >= 15 is 0 Å². The SMILES string of the molecule is COC(=O)CCc1ccc(Br)cc1.Cl. The molecule has 0 amide bonds. The first-order chi connectivity index (χ1) is 6.22. The summed E-state index contributed by atoms with van der Waals surface area (Å²) in [6.07, 6.45) is 1.18. The monoisotopic (exact) mass is 278 g/mol. The summed E-state index contributed by atoms with van der Waals surface area (Å²) in [5.41, 5.74) is 1.15. The molecule has 0 aliphatic carbocycles. The Kier molecular flexibility index (Phi) is 6.58. The number of esters is 1. The minimum Gasteiger partial charge on any atom is -0.469 e. The summed E-state index contributed by atoms with van der Waals surface area (Å²) in [7, 11) is 1.41. The second-order valence-electron chi connectivity index (χ2n) is 2.70. The van der Waals surface area contributed by atoms with Crippen molar-refractivity contribution in [2.45, 2.75) is 12.8 Å². The summed E-state index contributed by atoms with van der Waals surface area (Å²) in [4.78, 5) is 10.8. The highest BCUT2D eigenvalue weighted by Gasteiger charge is 2.00. The number of benzene rings is 1. The average Bonchev–Trinajstić information content (AvgIpc) is 2.16. The molecule has 0 atom stereocenters. The van der Waals surface area contributed by atoms with Crippen LogP contribution in [0, 0.1) is 0 Å². The predicted octanol–water partition coefficient (Wildman–Crippen LogP) is 2.98. The lowest BCUT2D eigenvalue weighted by atomic mass is 10.1. The van der Waals surface area contributed by atoms with Gasteiger partial charge in [-0.3, -0.25) is 4.79 Å². The van der Waals surface area contributed by atoms with Crippen LogP contribution in [0.1, 0.15) is 12.0 Å². The van der Waals surface area contributed by atoms with Crippen LogP contribution < -0.4 is 0 Å². The van der Waals surface area contributed by atoms with Crippen LogP contribution in [0.4, 0.5) is 0 Å². The summed E-state index contributed by atoms with van der Waals surface area (Å²) in [6.45, 7) is 0. The molecule has 0 radical (unpaired) electrons. The third kappa shape index (κ3) is 4.63.